The molecule has 2 aliphatic heterocycles. The smallest absolute Gasteiger partial charge is 0.196 e. The Balaban J connectivity index is 2.03. The average molecular weight is 225 g/mol. The second-order valence-corrected chi connectivity index (χ2v) is 5.14. The minimum Gasteiger partial charge on any atom is -0.381 e. The highest BCUT2D eigenvalue weighted by Crippen LogP contribution is 2.38. The maximum absolute atomic E-state index is 5.55. The molecule has 2 saturated heterocycles. The predicted molar refractivity (Wildman–Crippen MR) is 65.7 cm³/mol. The van der Waals surface area contributed by atoms with Crippen LogP contribution >= 0.6 is 0 Å². The summed E-state index contributed by atoms with van der Waals surface area (Å²) in [5.41, 5.74) is 0.421. The Morgan fingerprint density at radius 3 is 2.81 bits per heavy atom. The quantitative estimate of drug-likeness (QED) is 0.493. The van der Waals surface area contributed by atoms with E-state index in [2.05, 4.69) is 35.8 Å². The van der Waals surface area contributed by atoms with Gasteiger partial charge in [-0.15, -0.1) is 0 Å². The maximum Gasteiger partial charge on any atom is 0.196 e. The summed E-state index contributed by atoms with van der Waals surface area (Å²) in [6.07, 6.45) is 2.47. The molecule has 0 saturated carbocycles. The van der Waals surface area contributed by atoms with E-state index in [4.69, 9.17) is 4.74 Å². The SMILES string of the molecule is CCN=C(N(C)C)N1CCC2(CCOC2)C1. The largest absolute Gasteiger partial charge is 0.381 e. The lowest BCUT2D eigenvalue weighted by Gasteiger charge is -2.28. The molecule has 0 aromatic rings. The van der Waals surface area contributed by atoms with Crippen molar-refractivity contribution in [1.82, 2.24) is 9.80 Å². The van der Waals surface area contributed by atoms with Crippen LogP contribution in [-0.2, 0) is 4.74 Å². The summed E-state index contributed by atoms with van der Waals surface area (Å²) in [6, 6.07) is 0. The van der Waals surface area contributed by atoms with Crippen LogP contribution in [0.25, 0.3) is 0 Å². The van der Waals surface area contributed by atoms with Crippen molar-refractivity contribution in [1.29, 1.82) is 0 Å². The topological polar surface area (TPSA) is 28.1 Å². The summed E-state index contributed by atoms with van der Waals surface area (Å²) in [6.45, 7) is 7.07. The Hall–Kier alpha value is -0.770. The number of guanidine groups is 1. The highest BCUT2D eigenvalue weighted by Gasteiger charge is 2.42. The third-order valence-corrected chi connectivity index (χ3v) is 3.61. The molecule has 0 aliphatic carbocycles. The van der Waals surface area contributed by atoms with Crippen LogP contribution in [0.15, 0.2) is 4.99 Å². The second-order valence-electron chi connectivity index (χ2n) is 5.14. The second kappa shape index (κ2) is 4.62. The van der Waals surface area contributed by atoms with Crippen molar-refractivity contribution in [3.63, 3.8) is 0 Å². The molecule has 0 bridgehead atoms. The van der Waals surface area contributed by atoms with Gasteiger partial charge in [0.1, 0.15) is 0 Å². The number of ether oxygens (including phenoxy) is 1. The van der Waals surface area contributed by atoms with Gasteiger partial charge in [-0.3, -0.25) is 4.99 Å². The van der Waals surface area contributed by atoms with Gasteiger partial charge in [0.15, 0.2) is 5.96 Å². The van der Waals surface area contributed by atoms with Crippen LogP contribution in [-0.4, -0.2) is 62.7 Å². The standard InChI is InChI=1S/C12H23N3O/c1-4-13-11(14(2)3)15-7-5-12(9-15)6-8-16-10-12/h4-10H2,1-3H3. The molecule has 1 atom stereocenters. The van der Waals surface area contributed by atoms with Crippen molar-refractivity contribution in [3.8, 4) is 0 Å². The van der Waals surface area contributed by atoms with E-state index in [-0.39, 0.29) is 0 Å². The fourth-order valence-electron chi connectivity index (χ4n) is 2.74. The van der Waals surface area contributed by atoms with Gasteiger partial charge < -0.3 is 14.5 Å². The number of rotatable bonds is 1. The highest BCUT2D eigenvalue weighted by molar-refractivity contribution is 5.80. The van der Waals surface area contributed by atoms with Gasteiger partial charge >= 0.3 is 0 Å². The Kier molecular flexibility index (Phi) is 3.38. The zero-order valence-electron chi connectivity index (χ0n) is 10.7. The van der Waals surface area contributed by atoms with Crippen molar-refractivity contribution in [2.24, 2.45) is 10.4 Å². The number of aliphatic imine (C=N–C) groups is 1. The highest BCUT2D eigenvalue weighted by atomic mass is 16.5. The molecule has 0 radical (unpaired) electrons. The third-order valence-electron chi connectivity index (χ3n) is 3.61. The lowest BCUT2D eigenvalue weighted by Crippen LogP contribution is -2.40. The van der Waals surface area contributed by atoms with Crippen molar-refractivity contribution in [3.05, 3.63) is 0 Å². The van der Waals surface area contributed by atoms with E-state index >= 15 is 0 Å². The van der Waals surface area contributed by atoms with E-state index in [0.29, 0.717) is 5.41 Å². The first-order valence-electron chi connectivity index (χ1n) is 6.21. The third kappa shape index (κ3) is 2.17. The summed E-state index contributed by atoms with van der Waals surface area (Å²) < 4.78 is 5.55. The number of hydrogen-bond acceptors (Lipinski definition) is 2. The number of hydrogen-bond donors (Lipinski definition) is 0. The van der Waals surface area contributed by atoms with E-state index < -0.39 is 0 Å². The lowest BCUT2D eigenvalue weighted by molar-refractivity contribution is 0.156. The molecule has 0 aromatic carbocycles. The van der Waals surface area contributed by atoms with Gasteiger partial charge in [-0.05, 0) is 19.8 Å². The van der Waals surface area contributed by atoms with Crippen molar-refractivity contribution >= 4 is 5.96 Å². The molecule has 4 nitrogen and oxygen atoms in total. The van der Waals surface area contributed by atoms with E-state index in [0.717, 1.165) is 38.8 Å². The van der Waals surface area contributed by atoms with Crippen LogP contribution < -0.4 is 0 Å². The predicted octanol–water partition coefficient (Wildman–Crippen LogP) is 1.04. The van der Waals surface area contributed by atoms with Gasteiger partial charge in [0.2, 0.25) is 0 Å². The molecule has 0 aromatic heterocycles. The van der Waals surface area contributed by atoms with Crippen molar-refractivity contribution in [2.45, 2.75) is 19.8 Å². The Bertz CT molecular complexity index is 269. The molecule has 0 N–H and O–H groups in total. The minimum absolute atomic E-state index is 0.421. The van der Waals surface area contributed by atoms with E-state index in [1.54, 1.807) is 0 Å². The van der Waals surface area contributed by atoms with Crippen LogP contribution in [0.1, 0.15) is 19.8 Å². The monoisotopic (exact) mass is 225 g/mol. The van der Waals surface area contributed by atoms with E-state index in [9.17, 15) is 0 Å². The van der Waals surface area contributed by atoms with Crippen LogP contribution in [0.2, 0.25) is 0 Å². The lowest BCUT2D eigenvalue weighted by atomic mass is 9.87. The molecule has 92 valence electrons. The van der Waals surface area contributed by atoms with E-state index in [1.165, 1.54) is 12.8 Å². The molecule has 4 heteroatoms. The van der Waals surface area contributed by atoms with Gasteiger partial charge in [0, 0.05) is 45.8 Å². The molecule has 1 spiro atoms. The number of nitrogens with zero attached hydrogens (tertiary/aromatic N) is 3. The van der Waals surface area contributed by atoms with Crippen LogP contribution in [0.5, 0.6) is 0 Å². The van der Waals surface area contributed by atoms with E-state index in [1.807, 2.05) is 0 Å². The van der Waals surface area contributed by atoms with Crippen LogP contribution in [0, 0.1) is 5.41 Å². The molecule has 16 heavy (non-hydrogen) atoms. The first kappa shape index (κ1) is 11.7. The van der Waals surface area contributed by atoms with Crippen LogP contribution in [0.3, 0.4) is 0 Å². The van der Waals surface area contributed by atoms with Crippen molar-refractivity contribution in [2.75, 3.05) is 46.9 Å². The summed E-state index contributed by atoms with van der Waals surface area (Å²) in [4.78, 5) is 9.13. The van der Waals surface area contributed by atoms with Gasteiger partial charge in [-0.1, -0.05) is 0 Å². The Morgan fingerprint density at radius 1 is 1.44 bits per heavy atom. The van der Waals surface area contributed by atoms with Gasteiger partial charge in [-0.2, -0.15) is 0 Å². The molecular formula is C12H23N3O. The molecule has 1 unspecified atom stereocenters. The molecule has 2 aliphatic rings. The zero-order chi connectivity index (χ0) is 11.6. The van der Waals surface area contributed by atoms with Gasteiger partial charge in [0.05, 0.1) is 6.61 Å². The zero-order valence-corrected chi connectivity index (χ0v) is 10.7. The first-order chi connectivity index (χ1) is 7.67. The number of likely N-dealkylation sites (tertiary alicyclic amines) is 1. The normalized spacial score (nSPS) is 30.4. The molecular weight excluding hydrogens is 202 g/mol. The molecule has 2 heterocycles. The summed E-state index contributed by atoms with van der Waals surface area (Å²) in [5.74, 6) is 1.13. The minimum atomic E-state index is 0.421. The Morgan fingerprint density at radius 2 is 2.25 bits per heavy atom. The molecule has 2 fully saturated rings. The maximum atomic E-state index is 5.55. The van der Waals surface area contributed by atoms with Crippen LogP contribution in [0.4, 0.5) is 0 Å². The van der Waals surface area contributed by atoms with Gasteiger partial charge in [-0.25, -0.2) is 0 Å². The summed E-state index contributed by atoms with van der Waals surface area (Å²) in [7, 11) is 4.15. The van der Waals surface area contributed by atoms with Crippen molar-refractivity contribution < 1.29 is 4.74 Å². The van der Waals surface area contributed by atoms with Gasteiger partial charge in [0.25, 0.3) is 0 Å². The molecule has 2 rings (SSSR count). The Labute approximate surface area is 98.3 Å². The first-order valence-corrected chi connectivity index (χ1v) is 6.21. The molecule has 0 amide bonds. The summed E-state index contributed by atoms with van der Waals surface area (Å²) >= 11 is 0. The average Bonchev–Trinajstić information content (AvgIpc) is 2.86. The fourth-order valence-corrected chi connectivity index (χ4v) is 2.74. The fraction of sp³-hybridized carbons (Fsp3) is 0.917. The summed E-state index contributed by atoms with van der Waals surface area (Å²) in [5, 5.41) is 0.